The fourth-order valence-electron chi connectivity index (χ4n) is 6.52. The van der Waals surface area contributed by atoms with Crippen LogP contribution in [0.4, 0.5) is 0 Å². The molecule has 53 heavy (non-hydrogen) atoms. The number of aromatic nitrogens is 3. The van der Waals surface area contributed by atoms with E-state index in [2.05, 4.69) is 116 Å². The normalized spacial score (nSPS) is 13.7. The van der Waals surface area contributed by atoms with E-state index in [0.29, 0.717) is 5.71 Å². The second-order valence-corrected chi connectivity index (χ2v) is 26.6. The van der Waals surface area contributed by atoms with E-state index >= 15 is 0 Å². The number of nitrogens with zero attached hydrogens (tertiary/aromatic N) is 3. The number of rotatable bonds is 6. The van der Waals surface area contributed by atoms with Gasteiger partial charge < -0.3 is 9.40 Å². The summed E-state index contributed by atoms with van der Waals surface area (Å²) in [6.45, 7) is 16.4. The predicted molar refractivity (Wildman–Crippen MR) is 222 cm³/mol. The van der Waals surface area contributed by atoms with Crippen molar-refractivity contribution in [2.75, 3.05) is 0 Å². The molecule has 0 N–H and O–H groups in total. The van der Waals surface area contributed by atoms with Crippen LogP contribution < -0.4 is 4.40 Å². The molecule has 4 nitrogen and oxygen atoms in total. The first-order valence-electron chi connectivity index (χ1n) is 19.0. The maximum Gasteiger partial charge on any atom is 0.216 e. The molecule has 1 unspecified atom stereocenters. The molecule has 0 spiro atoms. The average Bonchev–Trinajstić information content (AvgIpc) is 3.48. The molecule has 0 aliphatic rings. The maximum atomic E-state index is 8.95. The van der Waals surface area contributed by atoms with Crippen molar-refractivity contribution in [2.45, 2.75) is 84.4 Å². The van der Waals surface area contributed by atoms with Gasteiger partial charge in [-0.15, -0.1) is 23.8 Å². The van der Waals surface area contributed by atoms with Crippen LogP contribution in [0.5, 0.6) is 0 Å². The van der Waals surface area contributed by atoms with Crippen LogP contribution in [0.2, 0.25) is 17.3 Å². The molecule has 1 atom stereocenters. The van der Waals surface area contributed by atoms with Gasteiger partial charge in [0.1, 0.15) is 0 Å². The second kappa shape index (κ2) is 16.2. The van der Waals surface area contributed by atoms with E-state index in [1.54, 1.807) is 6.20 Å². The van der Waals surface area contributed by atoms with Gasteiger partial charge in [0.15, 0.2) is 0 Å². The average molecular weight is 941 g/mol. The molecule has 1 radical (unpaired) electrons. The van der Waals surface area contributed by atoms with Crippen molar-refractivity contribution >= 4 is 39.7 Å². The molecule has 0 bridgehead atoms. The molecule has 275 valence electrons. The summed E-state index contributed by atoms with van der Waals surface area (Å²) < 4.78 is 24.8. The minimum atomic E-state index is -2.03. The van der Waals surface area contributed by atoms with Gasteiger partial charge in [0.05, 0.1) is 11.3 Å². The Kier molecular flexibility index (Phi) is 11.5. The zero-order valence-corrected chi connectivity index (χ0v) is 37.3. The summed E-state index contributed by atoms with van der Waals surface area (Å²) in [5.41, 5.74) is 11.3. The standard InChI is InChI=1S/C30H29N2O.C17H22GeN.Ir/c1-18-8-7-9-19(2)28(18)25-12-11-23-24-16-22(10-13-27(24)33-29(23)32-25)26-17-21(14-15-31-26)20(3)30(4,5)6;1-13(2)15-11-17(14-9-7-6-8-10-14)19-12-16(15)18(3,4)5;/h7-9,11-17,20H,1-6H3;6-9,11-13H,1-5H3;/q2*-1;/i20D;13D;. The molecule has 0 fully saturated rings. The Balaban J connectivity index is 0.000000237. The van der Waals surface area contributed by atoms with Crippen LogP contribution in [0, 0.1) is 31.4 Å². The molecule has 6 heteroatoms. The van der Waals surface area contributed by atoms with Crippen LogP contribution in [0.15, 0.2) is 102 Å². The molecule has 4 heterocycles. The van der Waals surface area contributed by atoms with E-state index in [4.69, 9.17) is 12.1 Å². The van der Waals surface area contributed by atoms with Crippen molar-refractivity contribution in [2.24, 2.45) is 5.41 Å². The van der Waals surface area contributed by atoms with Gasteiger partial charge in [-0.25, -0.2) is 4.98 Å². The van der Waals surface area contributed by atoms with Crippen LogP contribution in [0.3, 0.4) is 0 Å². The third-order valence-corrected chi connectivity index (χ3v) is 14.1. The third-order valence-electron chi connectivity index (χ3n) is 9.84. The van der Waals surface area contributed by atoms with Gasteiger partial charge in [0, 0.05) is 38.6 Å². The quantitative estimate of drug-likeness (QED) is 0.123. The first-order valence-corrected chi connectivity index (χ1v) is 25.4. The van der Waals surface area contributed by atoms with Crippen LogP contribution in [-0.4, -0.2) is 28.2 Å². The summed E-state index contributed by atoms with van der Waals surface area (Å²) >= 11 is -2.03. The molecular weight excluding hydrogens is 887 g/mol. The smallest absolute Gasteiger partial charge is 0.216 e. The Morgan fingerprint density at radius 3 is 2.13 bits per heavy atom. The van der Waals surface area contributed by atoms with Gasteiger partial charge in [-0.05, 0) is 60.2 Å². The van der Waals surface area contributed by atoms with Crippen LogP contribution >= 0.6 is 0 Å². The number of benzene rings is 3. The van der Waals surface area contributed by atoms with Crippen molar-refractivity contribution in [3.8, 4) is 33.8 Å². The van der Waals surface area contributed by atoms with Crippen molar-refractivity contribution in [1.29, 1.82) is 0 Å². The fourth-order valence-corrected chi connectivity index (χ4v) is 9.84. The van der Waals surface area contributed by atoms with Crippen LogP contribution in [-0.2, 0) is 20.1 Å². The first-order chi connectivity index (χ1) is 25.3. The second-order valence-electron chi connectivity index (χ2n) is 16.0. The summed E-state index contributed by atoms with van der Waals surface area (Å²) in [5.74, 6) is 5.70. The van der Waals surface area contributed by atoms with Crippen molar-refractivity contribution in [1.82, 2.24) is 15.0 Å². The first kappa shape index (κ1) is 37.4. The summed E-state index contributed by atoms with van der Waals surface area (Å²) in [6, 6.07) is 34.8. The summed E-state index contributed by atoms with van der Waals surface area (Å²) in [4.78, 5) is 14.1. The molecule has 3 aromatic carbocycles. The summed E-state index contributed by atoms with van der Waals surface area (Å²) in [6.07, 6.45) is 3.79. The van der Waals surface area contributed by atoms with Gasteiger partial charge in [-0.2, -0.15) is 0 Å². The summed E-state index contributed by atoms with van der Waals surface area (Å²) in [7, 11) is 0. The molecule has 0 saturated heterocycles. The molecule has 0 aliphatic heterocycles. The monoisotopic (exact) mass is 942 g/mol. The van der Waals surface area contributed by atoms with Gasteiger partial charge in [-0.1, -0.05) is 62.9 Å². The maximum absolute atomic E-state index is 8.95. The number of fused-ring (bicyclic) bond motifs is 3. The van der Waals surface area contributed by atoms with Crippen molar-refractivity contribution in [3.63, 3.8) is 0 Å². The van der Waals surface area contributed by atoms with E-state index < -0.39 is 25.1 Å². The molecule has 4 aromatic heterocycles. The van der Waals surface area contributed by atoms with E-state index in [-0.39, 0.29) is 25.5 Å². The van der Waals surface area contributed by atoms with Crippen LogP contribution in [0.1, 0.15) is 78.3 Å². The van der Waals surface area contributed by atoms with Crippen molar-refractivity contribution < 1.29 is 27.3 Å². The topological polar surface area (TPSA) is 51.8 Å². The largest absolute Gasteiger partial charge is 0.486 e. The Morgan fingerprint density at radius 2 is 1.49 bits per heavy atom. The molecule has 0 amide bonds. The minimum Gasteiger partial charge on any atom is -0.486 e. The van der Waals surface area contributed by atoms with Crippen molar-refractivity contribution in [3.05, 3.63) is 132 Å². The zero-order chi connectivity index (χ0) is 39.2. The number of aryl methyl sites for hydroxylation is 2. The Bertz CT molecular complexity index is 2440. The van der Waals surface area contributed by atoms with E-state index in [9.17, 15) is 0 Å². The summed E-state index contributed by atoms with van der Waals surface area (Å²) in [5, 5.41) is 1.96. The van der Waals surface area contributed by atoms with Gasteiger partial charge in [-0.3, -0.25) is 0 Å². The molecule has 7 rings (SSSR count). The molecule has 0 saturated carbocycles. The van der Waals surface area contributed by atoms with Gasteiger partial charge in [0.2, 0.25) is 5.71 Å². The van der Waals surface area contributed by atoms with E-state index in [1.165, 1.54) is 15.5 Å². The molecule has 0 aliphatic carbocycles. The van der Waals surface area contributed by atoms with E-state index in [1.807, 2.05) is 69.4 Å². The van der Waals surface area contributed by atoms with Gasteiger partial charge >= 0.3 is 120 Å². The Hall–Kier alpha value is -3.90. The number of pyridine rings is 3. The Morgan fingerprint density at radius 1 is 0.774 bits per heavy atom. The fraction of sp³-hybridized carbons (Fsp3) is 0.298. The predicted octanol–water partition coefficient (Wildman–Crippen LogP) is 12.5. The number of hydrogen-bond donors (Lipinski definition) is 0. The van der Waals surface area contributed by atoms with E-state index in [0.717, 1.165) is 61.3 Å². The SMILES string of the molecule is [2H]C(C)(C)c1cc(-c2[c-]cccc2)nc[c]1[Ge]([CH3])([CH3])[CH3].[2H]C(C)(c1ccnc(-c2[c-]cc3oc4nc(-c5c(C)cccc5C)ccc4c3c2)c1)C(C)(C)C.[Ir]. The number of hydrogen-bond acceptors (Lipinski definition) is 4. The van der Waals surface area contributed by atoms with Gasteiger partial charge in [0.25, 0.3) is 0 Å². The molecule has 7 aromatic rings. The minimum absolute atomic E-state index is 0. The Labute approximate surface area is 335 Å². The number of furan rings is 1. The zero-order valence-electron chi connectivity index (χ0n) is 34.8. The molecular formula is C47H51GeIrN3O-2. The van der Waals surface area contributed by atoms with Crippen LogP contribution in [0.25, 0.3) is 55.8 Å². The third kappa shape index (κ3) is 8.91.